The van der Waals surface area contributed by atoms with Gasteiger partial charge in [-0.25, -0.2) is 19.2 Å². The van der Waals surface area contributed by atoms with Crippen LogP contribution in [-0.2, 0) is 23.8 Å². The molecular formula is C20H16O7. The van der Waals surface area contributed by atoms with E-state index in [9.17, 15) is 19.2 Å². The number of benzene rings is 2. The number of hydrogen-bond acceptors (Lipinski definition) is 7. The van der Waals surface area contributed by atoms with Gasteiger partial charge in [0, 0.05) is 0 Å². The van der Waals surface area contributed by atoms with Crippen LogP contribution < -0.4 is 0 Å². The molecule has 0 unspecified atom stereocenters. The summed E-state index contributed by atoms with van der Waals surface area (Å²) in [6.45, 7) is 3.58. The van der Waals surface area contributed by atoms with Gasteiger partial charge in [0.2, 0.25) is 12.2 Å². The Labute approximate surface area is 154 Å². The van der Waals surface area contributed by atoms with Crippen LogP contribution in [0.1, 0.15) is 31.8 Å². The molecule has 2 aromatic carbocycles. The lowest BCUT2D eigenvalue weighted by Crippen LogP contribution is -2.37. The molecule has 0 aromatic heterocycles. The third kappa shape index (κ3) is 4.03. The van der Waals surface area contributed by atoms with Crippen molar-refractivity contribution in [3.63, 3.8) is 0 Å². The molecule has 0 aliphatic carbocycles. The van der Waals surface area contributed by atoms with Crippen LogP contribution >= 0.6 is 0 Å². The van der Waals surface area contributed by atoms with E-state index in [1.165, 1.54) is 12.1 Å². The summed E-state index contributed by atoms with van der Waals surface area (Å²) in [4.78, 5) is 48.3. The summed E-state index contributed by atoms with van der Waals surface area (Å²) in [6.07, 6.45) is -3.31. The highest BCUT2D eigenvalue weighted by Crippen LogP contribution is 2.20. The number of esters is 4. The highest BCUT2D eigenvalue weighted by molar-refractivity contribution is 6.03. The first kappa shape index (κ1) is 18.3. The SMILES string of the molecule is Cc1cccc(C(=O)O[C@H]2C(=O)OC(=O)[C@@H]2OC(=O)c2cccc(C)c2)c1. The van der Waals surface area contributed by atoms with Crippen LogP contribution in [0.4, 0.5) is 0 Å². The normalized spacial score (nSPS) is 18.7. The van der Waals surface area contributed by atoms with E-state index < -0.39 is 36.1 Å². The number of hydrogen-bond donors (Lipinski definition) is 0. The maximum absolute atomic E-state index is 12.3. The highest BCUT2D eigenvalue weighted by Gasteiger charge is 2.50. The Bertz CT molecular complexity index is 856. The van der Waals surface area contributed by atoms with E-state index in [0.29, 0.717) is 0 Å². The molecule has 1 heterocycles. The van der Waals surface area contributed by atoms with Crippen LogP contribution in [0.25, 0.3) is 0 Å². The van der Waals surface area contributed by atoms with Crippen LogP contribution in [-0.4, -0.2) is 36.1 Å². The van der Waals surface area contributed by atoms with Crippen molar-refractivity contribution in [3.05, 3.63) is 70.8 Å². The maximum Gasteiger partial charge on any atom is 0.359 e. The maximum atomic E-state index is 12.3. The van der Waals surface area contributed by atoms with Gasteiger partial charge in [-0.1, -0.05) is 35.4 Å². The Morgan fingerprint density at radius 3 is 1.56 bits per heavy atom. The molecule has 2 aromatic rings. The Balaban J connectivity index is 1.77. The molecule has 1 saturated heterocycles. The fourth-order valence-electron chi connectivity index (χ4n) is 2.59. The zero-order valence-electron chi connectivity index (χ0n) is 14.6. The van der Waals surface area contributed by atoms with Crippen molar-refractivity contribution in [1.29, 1.82) is 0 Å². The smallest absolute Gasteiger partial charge is 0.359 e. The molecule has 7 heteroatoms. The molecule has 0 N–H and O–H groups in total. The van der Waals surface area contributed by atoms with Gasteiger partial charge in [0.05, 0.1) is 11.1 Å². The van der Waals surface area contributed by atoms with Crippen LogP contribution in [0.2, 0.25) is 0 Å². The van der Waals surface area contributed by atoms with Crippen molar-refractivity contribution in [2.45, 2.75) is 26.1 Å². The largest absolute Gasteiger partial charge is 0.442 e. The minimum atomic E-state index is -1.65. The average Bonchev–Trinajstić information content (AvgIpc) is 2.88. The summed E-state index contributed by atoms with van der Waals surface area (Å²) in [6, 6.07) is 13.0. The molecule has 0 radical (unpaired) electrons. The molecule has 0 spiro atoms. The third-order valence-electron chi connectivity index (χ3n) is 3.92. The third-order valence-corrected chi connectivity index (χ3v) is 3.92. The zero-order chi connectivity index (χ0) is 19.6. The van der Waals surface area contributed by atoms with Gasteiger partial charge in [0.1, 0.15) is 0 Å². The van der Waals surface area contributed by atoms with E-state index >= 15 is 0 Å². The van der Waals surface area contributed by atoms with Crippen molar-refractivity contribution in [1.82, 2.24) is 0 Å². The van der Waals surface area contributed by atoms with Crippen LogP contribution in [0.5, 0.6) is 0 Å². The zero-order valence-corrected chi connectivity index (χ0v) is 14.6. The van der Waals surface area contributed by atoms with Crippen molar-refractivity contribution < 1.29 is 33.4 Å². The minimum Gasteiger partial charge on any atom is -0.442 e. The van der Waals surface area contributed by atoms with Crippen LogP contribution in [0, 0.1) is 13.8 Å². The lowest BCUT2D eigenvalue weighted by molar-refractivity contribution is -0.155. The number of aryl methyl sites for hydroxylation is 2. The second-order valence-electron chi connectivity index (χ2n) is 6.13. The Kier molecular flexibility index (Phi) is 5.03. The van der Waals surface area contributed by atoms with Gasteiger partial charge in [-0.3, -0.25) is 0 Å². The van der Waals surface area contributed by atoms with Crippen molar-refractivity contribution in [3.8, 4) is 0 Å². The van der Waals surface area contributed by atoms with Gasteiger partial charge in [-0.15, -0.1) is 0 Å². The summed E-state index contributed by atoms with van der Waals surface area (Å²) < 4.78 is 14.7. The molecule has 27 heavy (non-hydrogen) atoms. The minimum absolute atomic E-state index is 0.200. The number of rotatable bonds is 4. The molecule has 0 amide bonds. The van der Waals surface area contributed by atoms with Crippen molar-refractivity contribution in [2.75, 3.05) is 0 Å². The molecule has 7 nitrogen and oxygen atoms in total. The average molecular weight is 368 g/mol. The predicted molar refractivity (Wildman–Crippen MR) is 91.9 cm³/mol. The van der Waals surface area contributed by atoms with E-state index in [0.717, 1.165) is 11.1 Å². The van der Waals surface area contributed by atoms with E-state index in [2.05, 4.69) is 4.74 Å². The monoisotopic (exact) mass is 368 g/mol. The van der Waals surface area contributed by atoms with Crippen molar-refractivity contribution >= 4 is 23.9 Å². The van der Waals surface area contributed by atoms with Gasteiger partial charge in [-0.2, -0.15) is 0 Å². The van der Waals surface area contributed by atoms with Crippen LogP contribution in [0.3, 0.4) is 0 Å². The Morgan fingerprint density at radius 1 is 0.778 bits per heavy atom. The standard InChI is InChI=1S/C20H16O7/c1-11-5-3-7-13(9-11)17(21)25-15-16(20(24)27-19(15)23)26-18(22)14-8-4-6-12(2)10-14/h3-10,15-16H,1-2H3/t15-,16-/m1/s1. The topological polar surface area (TPSA) is 96.0 Å². The lowest BCUT2D eigenvalue weighted by atomic mass is 10.1. The molecule has 0 bridgehead atoms. The second-order valence-corrected chi connectivity index (χ2v) is 6.13. The van der Waals surface area contributed by atoms with E-state index in [4.69, 9.17) is 9.47 Å². The summed E-state index contributed by atoms with van der Waals surface area (Å²) in [5.41, 5.74) is 2.03. The lowest BCUT2D eigenvalue weighted by Gasteiger charge is -2.15. The fourth-order valence-corrected chi connectivity index (χ4v) is 2.59. The molecule has 2 atom stereocenters. The van der Waals surface area contributed by atoms with Gasteiger partial charge in [0.15, 0.2) is 0 Å². The first-order valence-corrected chi connectivity index (χ1v) is 8.16. The van der Waals surface area contributed by atoms with E-state index in [1.54, 1.807) is 50.2 Å². The first-order valence-electron chi connectivity index (χ1n) is 8.16. The number of carbonyl (C=O) groups excluding carboxylic acids is 4. The molecule has 1 fully saturated rings. The van der Waals surface area contributed by atoms with E-state index in [1.807, 2.05) is 0 Å². The molecule has 138 valence electrons. The molecule has 1 aliphatic rings. The quantitative estimate of drug-likeness (QED) is 0.463. The van der Waals surface area contributed by atoms with Gasteiger partial charge >= 0.3 is 23.9 Å². The number of cyclic esters (lactones) is 2. The van der Waals surface area contributed by atoms with E-state index in [-0.39, 0.29) is 11.1 Å². The van der Waals surface area contributed by atoms with Crippen molar-refractivity contribution in [2.24, 2.45) is 0 Å². The number of ether oxygens (including phenoxy) is 3. The molecule has 3 rings (SSSR count). The van der Waals surface area contributed by atoms with Crippen LogP contribution in [0.15, 0.2) is 48.5 Å². The Hall–Kier alpha value is -3.48. The summed E-state index contributed by atoms with van der Waals surface area (Å²) in [5, 5.41) is 0. The van der Waals surface area contributed by atoms with Gasteiger partial charge in [0.25, 0.3) is 0 Å². The second kappa shape index (κ2) is 7.41. The molecule has 1 aliphatic heterocycles. The summed E-state index contributed by atoms with van der Waals surface area (Å²) >= 11 is 0. The predicted octanol–water partition coefficient (Wildman–Crippen LogP) is 2.14. The Morgan fingerprint density at radius 2 is 1.19 bits per heavy atom. The van der Waals surface area contributed by atoms with Gasteiger partial charge < -0.3 is 14.2 Å². The first-order chi connectivity index (χ1) is 12.8. The molecular weight excluding hydrogens is 352 g/mol. The fraction of sp³-hybridized carbons (Fsp3) is 0.200. The highest BCUT2D eigenvalue weighted by atomic mass is 16.7. The van der Waals surface area contributed by atoms with Gasteiger partial charge in [-0.05, 0) is 38.1 Å². The summed E-state index contributed by atoms with van der Waals surface area (Å²) in [5.74, 6) is -3.81. The number of carbonyl (C=O) groups is 4. The summed E-state index contributed by atoms with van der Waals surface area (Å²) in [7, 11) is 0. The molecule has 0 saturated carbocycles.